The van der Waals surface area contributed by atoms with Gasteiger partial charge in [-0.25, -0.2) is 14.8 Å². The minimum Gasteiger partial charge on any atom is -0.447 e. The number of aliphatic hydroxyl groups is 1. The maximum absolute atomic E-state index is 12.1. The van der Waals surface area contributed by atoms with Gasteiger partial charge in [0.15, 0.2) is 0 Å². The summed E-state index contributed by atoms with van der Waals surface area (Å²) in [6.45, 7) is 5.74. The summed E-state index contributed by atoms with van der Waals surface area (Å²) in [5.74, 6) is 0.727. The molecule has 4 rings (SSSR count). The maximum Gasteiger partial charge on any atom is 0.416 e. The number of nitrogens with zero attached hydrogens (tertiary/aromatic N) is 4. The summed E-state index contributed by atoms with van der Waals surface area (Å²) in [7, 11) is 0. The summed E-state index contributed by atoms with van der Waals surface area (Å²) in [6, 6.07) is 8.57. The average molecular weight is 460 g/mol. The highest BCUT2D eigenvalue weighted by atomic mass is 35.5. The number of anilines is 2. The molecule has 3 atom stereocenters. The Kier molecular flexibility index (Phi) is 6.08. The van der Waals surface area contributed by atoms with E-state index in [1.807, 2.05) is 38.1 Å². The van der Waals surface area contributed by atoms with Crippen molar-refractivity contribution in [1.82, 2.24) is 15.0 Å². The first-order valence-electron chi connectivity index (χ1n) is 9.80. The molecule has 0 aliphatic carbocycles. The van der Waals surface area contributed by atoms with Gasteiger partial charge in [0.2, 0.25) is 5.95 Å². The number of thiazole rings is 1. The molecule has 0 bridgehead atoms. The topological polar surface area (TPSA) is 100 Å². The molecule has 31 heavy (non-hydrogen) atoms. The van der Waals surface area contributed by atoms with Crippen molar-refractivity contribution in [3.05, 3.63) is 51.4 Å². The van der Waals surface area contributed by atoms with Gasteiger partial charge in [0.05, 0.1) is 17.8 Å². The Morgan fingerprint density at radius 3 is 2.71 bits per heavy atom. The first-order chi connectivity index (χ1) is 14.8. The van der Waals surface area contributed by atoms with Gasteiger partial charge < -0.3 is 15.2 Å². The Morgan fingerprint density at radius 1 is 1.26 bits per heavy atom. The minimum absolute atomic E-state index is 0.117. The minimum atomic E-state index is -0.749. The zero-order chi connectivity index (χ0) is 22.1. The molecule has 2 N–H and O–H groups in total. The van der Waals surface area contributed by atoms with E-state index in [1.165, 1.54) is 4.90 Å². The number of rotatable bonds is 6. The van der Waals surface area contributed by atoms with E-state index in [0.717, 1.165) is 21.1 Å². The molecular formula is C21H22ClN5O3S. The molecule has 1 saturated heterocycles. The molecule has 162 valence electrons. The second kappa shape index (κ2) is 8.78. The van der Waals surface area contributed by atoms with Crippen molar-refractivity contribution in [2.24, 2.45) is 0 Å². The largest absolute Gasteiger partial charge is 0.447 e. The van der Waals surface area contributed by atoms with Crippen LogP contribution in [0, 0.1) is 6.92 Å². The zero-order valence-corrected chi connectivity index (χ0v) is 18.8. The number of aryl methyl sites for hydroxylation is 1. The second-order valence-corrected chi connectivity index (χ2v) is 8.99. The third-order valence-corrected chi connectivity index (χ3v) is 6.40. The lowest BCUT2D eigenvalue weighted by atomic mass is 10.1. The summed E-state index contributed by atoms with van der Waals surface area (Å²) in [5.41, 5.74) is 1.92. The molecule has 0 saturated carbocycles. The van der Waals surface area contributed by atoms with Gasteiger partial charge in [-0.1, -0.05) is 23.7 Å². The second-order valence-electron chi connectivity index (χ2n) is 7.32. The number of benzene rings is 1. The van der Waals surface area contributed by atoms with E-state index in [0.29, 0.717) is 16.8 Å². The van der Waals surface area contributed by atoms with Crippen LogP contribution in [0.5, 0.6) is 0 Å². The van der Waals surface area contributed by atoms with Crippen molar-refractivity contribution in [2.45, 2.75) is 39.0 Å². The van der Waals surface area contributed by atoms with Crippen molar-refractivity contribution in [3.63, 3.8) is 0 Å². The van der Waals surface area contributed by atoms with Gasteiger partial charge in [-0.2, -0.15) is 4.98 Å². The van der Waals surface area contributed by atoms with Crippen LogP contribution in [-0.4, -0.2) is 44.9 Å². The highest BCUT2D eigenvalue weighted by molar-refractivity contribution is 7.12. The van der Waals surface area contributed by atoms with Gasteiger partial charge in [-0.15, -0.1) is 11.3 Å². The number of hydrogen-bond donors (Lipinski definition) is 2. The number of cyclic esters (lactones) is 1. The zero-order valence-electron chi connectivity index (χ0n) is 17.2. The fourth-order valence-electron chi connectivity index (χ4n) is 3.34. The Hall–Kier alpha value is -2.75. The number of aromatic nitrogens is 3. The molecule has 8 nitrogen and oxygen atoms in total. The fraction of sp³-hybridized carbons (Fsp3) is 0.333. The maximum atomic E-state index is 12.1. The molecule has 0 radical (unpaired) electrons. The van der Waals surface area contributed by atoms with E-state index in [2.05, 4.69) is 15.3 Å². The molecule has 1 aliphatic heterocycles. The van der Waals surface area contributed by atoms with Crippen LogP contribution in [0.15, 0.2) is 36.5 Å². The third kappa shape index (κ3) is 4.48. The predicted octanol–water partition coefficient (Wildman–Crippen LogP) is 4.44. The van der Waals surface area contributed by atoms with E-state index in [4.69, 9.17) is 21.3 Å². The normalized spacial score (nSPS) is 18.0. The van der Waals surface area contributed by atoms with Gasteiger partial charge >= 0.3 is 6.09 Å². The molecule has 1 fully saturated rings. The quantitative estimate of drug-likeness (QED) is 0.561. The average Bonchev–Trinajstić information content (AvgIpc) is 3.32. The van der Waals surface area contributed by atoms with Crippen LogP contribution in [-0.2, 0) is 4.74 Å². The summed E-state index contributed by atoms with van der Waals surface area (Å²) in [4.78, 5) is 28.1. The number of aliphatic hydroxyl groups excluding tert-OH is 1. The number of nitrogens with one attached hydrogen (secondary N) is 1. The molecule has 3 aromatic rings. The van der Waals surface area contributed by atoms with Crippen LogP contribution < -0.4 is 10.2 Å². The number of ether oxygens (including phenoxy) is 1. The van der Waals surface area contributed by atoms with Crippen molar-refractivity contribution in [1.29, 1.82) is 0 Å². The van der Waals surface area contributed by atoms with E-state index in [1.54, 1.807) is 30.5 Å². The van der Waals surface area contributed by atoms with Gasteiger partial charge in [0.1, 0.15) is 23.5 Å². The number of carbonyl (C=O) groups excluding carboxylic acids is 1. The summed E-state index contributed by atoms with van der Waals surface area (Å²) in [6.07, 6.45) is 0.280. The Bertz CT molecular complexity index is 1090. The van der Waals surface area contributed by atoms with Crippen molar-refractivity contribution < 1.29 is 14.6 Å². The molecule has 1 amide bonds. The van der Waals surface area contributed by atoms with E-state index in [-0.39, 0.29) is 12.6 Å². The summed E-state index contributed by atoms with van der Waals surface area (Å²) < 4.78 is 5.08. The Labute approximate surface area is 188 Å². The molecule has 0 unspecified atom stereocenters. The van der Waals surface area contributed by atoms with Crippen LogP contribution in [0.25, 0.3) is 11.3 Å². The Balaban J connectivity index is 1.54. The number of carbonyl (C=O) groups is 1. The molecule has 10 heteroatoms. The first-order valence-corrected chi connectivity index (χ1v) is 11.0. The van der Waals surface area contributed by atoms with Gasteiger partial charge in [0, 0.05) is 21.7 Å². The highest BCUT2D eigenvalue weighted by Gasteiger charge is 2.38. The predicted molar refractivity (Wildman–Crippen MR) is 121 cm³/mol. The molecule has 3 heterocycles. The smallest absolute Gasteiger partial charge is 0.416 e. The molecule has 2 aromatic heterocycles. The lowest BCUT2D eigenvalue weighted by Crippen LogP contribution is -2.41. The van der Waals surface area contributed by atoms with Gasteiger partial charge in [-0.3, -0.25) is 4.90 Å². The van der Waals surface area contributed by atoms with E-state index >= 15 is 0 Å². The van der Waals surface area contributed by atoms with E-state index < -0.39 is 18.2 Å². The molecular weight excluding hydrogens is 438 g/mol. The van der Waals surface area contributed by atoms with Crippen molar-refractivity contribution >= 4 is 40.8 Å². The first kappa shape index (κ1) is 21.5. The standard InChI is InChI=1S/C21H22ClN5O3S/c1-11(19-26-18(13(3)31-19)14-4-6-15(22)7-5-14)24-20-23-9-8-17(25-20)27-16(12(2)28)10-30-21(27)29/h4-9,11-12,16,28H,10H2,1-3H3,(H,23,24,25)/t11-,12-,16-/m1/s1. The highest BCUT2D eigenvalue weighted by Crippen LogP contribution is 2.32. The summed E-state index contributed by atoms with van der Waals surface area (Å²) >= 11 is 7.59. The van der Waals surface area contributed by atoms with Crippen molar-refractivity contribution in [3.8, 4) is 11.3 Å². The molecule has 1 aliphatic rings. The van der Waals surface area contributed by atoms with Crippen LogP contribution in [0.1, 0.15) is 29.8 Å². The monoisotopic (exact) mass is 459 g/mol. The van der Waals surface area contributed by atoms with Crippen LogP contribution in [0.3, 0.4) is 0 Å². The lowest BCUT2D eigenvalue weighted by Gasteiger charge is -2.22. The van der Waals surface area contributed by atoms with Crippen LogP contribution in [0.4, 0.5) is 16.6 Å². The van der Waals surface area contributed by atoms with E-state index in [9.17, 15) is 9.90 Å². The number of amides is 1. The van der Waals surface area contributed by atoms with Crippen molar-refractivity contribution in [2.75, 3.05) is 16.8 Å². The summed E-state index contributed by atoms with van der Waals surface area (Å²) in [5, 5.41) is 14.8. The SMILES string of the molecule is Cc1sc([C@@H](C)Nc2nccc(N3C(=O)OC[C@@H]3[C@@H](C)O)n2)nc1-c1ccc(Cl)cc1. The van der Waals surface area contributed by atoms with Crippen LogP contribution >= 0.6 is 22.9 Å². The number of hydrogen-bond acceptors (Lipinski definition) is 8. The molecule has 0 spiro atoms. The van der Waals surface area contributed by atoms with Gasteiger partial charge in [-0.05, 0) is 39.0 Å². The third-order valence-electron chi connectivity index (χ3n) is 5.00. The Morgan fingerprint density at radius 2 is 2.00 bits per heavy atom. The fourth-order valence-corrected chi connectivity index (χ4v) is 4.41. The van der Waals surface area contributed by atoms with Crippen LogP contribution in [0.2, 0.25) is 5.02 Å². The lowest BCUT2D eigenvalue weighted by molar-refractivity contribution is 0.142. The van der Waals surface area contributed by atoms with Gasteiger partial charge in [0.25, 0.3) is 0 Å². The molecule has 1 aromatic carbocycles. The number of halogens is 1.